The Hall–Kier alpha value is -1.94. The molecular weight excluding hydrogens is 304 g/mol. The Morgan fingerprint density at radius 2 is 1.67 bits per heavy atom. The van der Waals surface area contributed by atoms with Crippen LogP contribution in [0.15, 0.2) is 48.6 Å². The predicted molar refractivity (Wildman–Crippen MR) is 97.8 cm³/mol. The monoisotopic (exact) mass is 334 g/mol. The molecule has 1 atom stereocenters. The second-order valence-corrected chi connectivity index (χ2v) is 5.61. The molecule has 0 heterocycles. The second kappa shape index (κ2) is 15.9. The number of aliphatic carboxylic acids is 1. The molecule has 0 aromatic carbocycles. The lowest BCUT2D eigenvalue weighted by molar-refractivity contribution is -0.137. The summed E-state index contributed by atoms with van der Waals surface area (Å²) in [6.07, 6.45) is 19.3. The Morgan fingerprint density at radius 3 is 2.33 bits per heavy atom. The van der Waals surface area contributed by atoms with Crippen molar-refractivity contribution in [1.82, 2.24) is 0 Å². The van der Waals surface area contributed by atoms with Gasteiger partial charge in [0.25, 0.3) is 0 Å². The van der Waals surface area contributed by atoms with Crippen molar-refractivity contribution in [2.75, 3.05) is 0 Å². The van der Waals surface area contributed by atoms with E-state index < -0.39 is 12.1 Å². The van der Waals surface area contributed by atoms with Crippen molar-refractivity contribution in [3.8, 4) is 0 Å². The van der Waals surface area contributed by atoms with Gasteiger partial charge in [-0.25, -0.2) is 0 Å². The van der Waals surface area contributed by atoms with Gasteiger partial charge in [-0.2, -0.15) is 0 Å². The predicted octanol–water partition coefficient (Wildman–Crippen LogP) is 4.37. The molecular formula is C20H30O4. The molecule has 0 spiro atoms. The highest BCUT2D eigenvalue weighted by Crippen LogP contribution is 2.02. The van der Waals surface area contributed by atoms with E-state index in [9.17, 15) is 14.7 Å². The van der Waals surface area contributed by atoms with Crippen molar-refractivity contribution in [2.45, 2.75) is 64.4 Å². The van der Waals surface area contributed by atoms with E-state index in [0.717, 1.165) is 25.7 Å². The number of ketones is 1. The number of unbranched alkanes of at least 4 members (excludes halogenated alkanes) is 2. The number of carbonyl (C=O) groups excluding carboxylic acids is 1. The molecule has 2 N–H and O–H groups in total. The molecule has 0 aliphatic rings. The number of carbonyl (C=O) groups is 2. The maximum absolute atomic E-state index is 11.5. The molecule has 4 heteroatoms. The average Bonchev–Trinajstić information content (AvgIpc) is 2.53. The standard InChI is InChI=1S/C20H30O4/c1-2-3-9-13-18(21)14-10-7-5-4-6-8-11-15-19(22)16-12-17-20(23)24/h5-8,10-11,14-15,19,22H,2-4,9,12-13,16-17H2,1H3,(H,23,24)/b7-5-,8-6-,14-10-,15-11-/t19-/m1/s1. The first kappa shape index (κ1) is 22.1. The van der Waals surface area contributed by atoms with Gasteiger partial charge in [-0.1, -0.05) is 62.3 Å². The molecule has 0 bridgehead atoms. The number of hydrogen-bond acceptors (Lipinski definition) is 3. The summed E-state index contributed by atoms with van der Waals surface area (Å²) in [5.74, 6) is -0.668. The van der Waals surface area contributed by atoms with Crippen LogP contribution < -0.4 is 0 Å². The van der Waals surface area contributed by atoms with Gasteiger partial charge in [0, 0.05) is 12.8 Å². The van der Waals surface area contributed by atoms with E-state index in [2.05, 4.69) is 6.92 Å². The third-order valence-corrected chi connectivity index (χ3v) is 3.30. The zero-order valence-corrected chi connectivity index (χ0v) is 14.6. The fourth-order valence-electron chi connectivity index (χ4n) is 1.94. The number of carboxylic acid groups (broad SMARTS) is 1. The van der Waals surface area contributed by atoms with Crippen LogP contribution in [0, 0.1) is 0 Å². The number of hydrogen-bond donors (Lipinski definition) is 2. The second-order valence-electron chi connectivity index (χ2n) is 5.61. The lowest BCUT2D eigenvalue weighted by Gasteiger charge is -2.02. The average molecular weight is 334 g/mol. The summed E-state index contributed by atoms with van der Waals surface area (Å²) in [5, 5.41) is 18.1. The van der Waals surface area contributed by atoms with Crippen LogP contribution in [0.25, 0.3) is 0 Å². The Labute approximate surface area is 145 Å². The highest BCUT2D eigenvalue weighted by Gasteiger charge is 2.01. The molecule has 0 aromatic rings. The van der Waals surface area contributed by atoms with Crippen LogP contribution in [0.3, 0.4) is 0 Å². The summed E-state index contributed by atoms with van der Waals surface area (Å²) < 4.78 is 0. The Bertz CT molecular complexity index is 458. The van der Waals surface area contributed by atoms with E-state index in [0.29, 0.717) is 19.3 Å². The third kappa shape index (κ3) is 16.4. The molecule has 0 aromatic heterocycles. The van der Waals surface area contributed by atoms with E-state index >= 15 is 0 Å². The van der Waals surface area contributed by atoms with Gasteiger partial charge >= 0.3 is 5.97 Å². The van der Waals surface area contributed by atoms with Gasteiger partial charge in [0.2, 0.25) is 0 Å². The molecule has 0 aliphatic carbocycles. The molecule has 0 radical (unpaired) electrons. The summed E-state index contributed by atoms with van der Waals surface area (Å²) in [4.78, 5) is 21.8. The first-order chi connectivity index (χ1) is 11.6. The minimum atomic E-state index is -0.838. The molecule has 0 amide bonds. The number of carboxylic acids is 1. The third-order valence-electron chi connectivity index (χ3n) is 3.30. The van der Waals surface area contributed by atoms with E-state index in [1.54, 1.807) is 24.3 Å². The Balaban J connectivity index is 3.77. The van der Waals surface area contributed by atoms with Crippen LogP contribution in [-0.4, -0.2) is 28.1 Å². The maximum Gasteiger partial charge on any atom is 0.303 e. The van der Waals surface area contributed by atoms with Crippen molar-refractivity contribution < 1.29 is 19.8 Å². The molecule has 0 rings (SSSR count). The van der Waals surface area contributed by atoms with Gasteiger partial charge in [0.1, 0.15) is 0 Å². The van der Waals surface area contributed by atoms with Crippen LogP contribution >= 0.6 is 0 Å². The minimum Gasteiger partial charge on any atom is -0.481 e. The van der Waals surface area contributed by atoms with Crippen molar-refractivity contribution >= 4 is 11.8 Å². The fraction of sp³-hybridized carbons (Fsp3) is 0.500. The summed E-state index contributed by atoms with van der Waals surface area (Å²) in [5.41, 5.74) is 0. The smallest absolute Gasteiger partial charge is 0.303 e. The zero-order valence-electron chi connectivity index (χ0n) is 14.6. The van der Waals surface area contributed by atoms with Crippen LogP contribution in [0.1, 0.15) is 58.3 Å². The van der Waals surface area contributed by atoms with Crippen molar-refractivity contribution in [3.63, 3.8) is 0 Å². The normalized spacial score (nSPS) is 13.6. The fourth-order valence-corrected chi connectivity index (χ4v) is 1.94. The molecule has 134 valence electrons. The van der Waals surface area contributed by atoms with Crippen LogP contribution in [-0.2, 0) is 9.59 Å². The highest BCUT2D eigenvalue weighted by atomic mass is 16.4. The largest absolute Gasteiger partial charge is 0.481 e. The number of rotatable bonds is 14. The van der Waals surface area contributed by atoms with Gasteiger partial charge < -0.3 is 10.2 Å². The summed E-state index contributed by atoms with van der Waals surface area (Å²) in [7, 11) is 0. The summed E-state index contributed by atoms with van der Waals surface area (Å²) in [6.45, 7) is 2.12. The summed E-state index contributed by atoms with van der Waals surface area (Å²) in [6, 6.07) is 0. The molecule has 4 nitrogen and oxygen atoms in total. The summed E-state index contributed by atoms with van der Waals surface area (Å²) >= 11 is 0. The van der Waals surface area contributed by atoms with E-state index in [1.807, 2.05) is 24.3 Å². The number of aliphatic hydroxyl groups excluding tert-OH is 1. The van der Waals surface area contributed by atoms with Gasteiger partial charge in [0.15, 0.2) is 5.78 Å². The minimum absolute atomic E-state index is 0.0835. The Kier molecular flexibility index (Phi) is 14.6. The van der Waals surface area contributed by atoms with E-state index in [-0.39, 0.29) is 12.2 Å². The molecule has 24 heavy (non-hydrogen) atoms. The molecule has 0 saturated carbocycles. The Morgan fingerprint density at radius 1 is 0.958 bits per heavy atom. The molecule has 0 saturated heterocycles. The van der Waals surface area contributed by atoms with Gasteiger partial charge in [-0.3, -0.25) is 9.59 Å². The maximum atomic E-state index is 11.5. The molecule has 0 aliphatic heterocycles. The molecule has 0 unspecified atom stereocenters. The lowest BCUT2D eigenvalue weighted by atomic mass is 10.1. The van der Waals surface area contributed by atoms with Gasteiger partial charge in [-0.15, -0.1) is 0 Å². The van der Waals surface area contributed by atoms with E-state index in [4.69, 9.17) is 5.11 Å². The van der Waals surface area contributed by atoms with E-state index in [1.165, 1.54) is 0 Å². The lowest BCUT2D eigenvalue weighted by Crippen LogP contribution is -2.03. The number of aliphatic hydroxyl groups is 1. The highest BCUT2D eigenvalue weighted by molar-refractivity contribution is 5.89. The van der Waals surface area contributed by atoms with Crippen molar-refractivity contribution in [2.24, 2.45) is 0 Å². The first-order valence-electron chi connectivity index (χ1n) is 8.65. The van der Waals surface area contributed by atoms with Gasteiger partial charge in [-0.05, 0) is 31.8 Å². The first-order valence-corrected chi connectivity index (χ1v) is 8.65. The zero-order chi connectivity index (χ0) is 18.0. The topological polar surface area (TPSA) is 74.6 Å². The van der Waals surface area contributed by atoms with Crippen LogP contribution in [0.4, 0.5) is 0 Å². The van der Waals surface area contributed by atoms with Crippen molar-refractivity contribution in [1.29, 1.82) is 0 Å². The van der Waals surface area contributed by atoms with Gasteiger partial charge in [0.05, 0.1) is 6.10 Å². The van der Waals surface area contributed by atoms with Crippen molar-refractivity contribution in [3.05, 3.63) is 48.6 Å². The number of allylic oxidation sites excluding steroid dienone is 7. The SMILES string of the molecule is CCCCCC(=O)/C=C\C=C/C/C=C\C=C/[C@@H](O)CCCC(=O)O. The van der Waals surface area contributed by atoms with Crippen LogP contribution in [0.5, 0.6) is 0 Å². The van der Waals surface area contributed by atoms with Crippen LogP contribution in [0.2, 0.25) is 0 Å². The molecule has 0 fully saturated rings. The quantitative estimate of drug-likeness (QED) is 0.281.